The maximum Gasteiger partial charge on any atom is 0.172 e. The van der Waals surface area contributed by atoms with Crippen molar-refractivity contribution in [2.75, 3.05) is 36.1 Å². The smallest absolute Gasteiger partial charge is 0.172 e. The summed E-state index contributed by atoms with van der Waals surface area (Å²) in [5.41, 5.74) is 1.18. The van der Waals surface area contributed by atoms with Crippen molar-refractivity contribution < 1.29 is 21.9 Å². The molecule has 0 bridgehead atoms. The molecular weight excluding hydrogens is 464 g/mol. The number of sulfone groups is 1. The molecule has 2 N–H and O–H groups in total. The SMILES string of the molecule is CS(=O)(=O)C1NCCc2nc(N3CCC(Oc4ccc(F)cc4F)CC3)c(NC3CCC3)nc21. The van der Waals surface area contributed by atoms with E-state index in [0.29, 0.717) is 62.1 Å². The summed E-state index contributed by atoms with van der Waals surface area (Å²) in [6, 6.07) is 3.64. The first-order valence-corrected chi connectivity index (χ1v) is 13.7. The summed E-state index contributed by atoms with van der Waals surface area (Å²) < 4.78 is 57.6. The lowest BCUT2D eigenvalue weighted by molar-refractivity contribution is 0.163. The molecule has 11 heteroatoms. The molecule has 1 unspecified atom stereocenters. The molecule has 3 aliphatic rings. The predicted octanol–water partition coefficient (Wildman–Crippen LogP) is 2.96. The van der Waals surface area contributed by atoms with E-state index in [0.717, 1.165) is 31.1 Å². The van der Waals surface area contributed by atoms with Crippen molar-refractivity contribution >= 4 is 21.5 Å². The number of fused-ring (bicyclic) bond motifs is 1. The van der Waals surface area contributed by atoms with Crippen LogP contribution in [0.1, 0.15) is 48.9 Å². The predicted molar refractivity (Wildman–Crippen MR) is 125 cm³/mol. The normalized spacial score (nSPS) is 21.6. The third-order valence-electron chi connectivity index (χ3n) is 6.72. The van der Waals surface area contributed by atoms with Gasteiger partial charge in [0.2, 0.25) is 0 Å². The van der Waals surface area contributed by atoms with Crippen LogP contribution in [-0.2, 0) is 16.3 Å². The molecule has 1 aliphatic carbocycles. The second-order valence-corrected chi connectivity index (χ2v) is 11.4. The zero-order valence-corrected chi connectivity index (χ0v) is 19.9. The number of ether oxygens (including phenoxy) is 1. The molecular formula is C23H29F2N5O3S. The van der Waals surface area contributed by atoms with Crippen LogP contribution in [0.15, 0.2) is 18.2 Å². The second kappa shape index (κ2) is 9.26. The monoisotopic (exact) mass is 493 g/mol. The molecule has 8 nitrogen and oxygen atoms in total. The van der Waals surface area contributed by atoms with Crippen molar-refractivity contribution in [2.45, 2.75) is 56.0 Å². The van der Waals surface area contributed by atoms with Crippen LogP contribution in [-0.4, -0.2) is 56.4 Å². The summed E-state index contributed by atoms with van der Waals surface area (Å²) in [6.45, 7) is 1.79. The summed E-state index contributed by atoms with van der Waals surface area (Å²) in [6.07, 6.45) is 6.16. The average molecular weight is 494 g/mol. The molecule has 34 heavy (non-hydrogen) atoms. The highest BCUT2D eigenvalue weighted by Crippen LogP contribution is 2.34. The average Bonchev–Trinajstić information content (AvgIpc) is 2.77. The molecule has 2 aromatic rings. The van der Waals surface area contributed by atoms with Crippen LogP contribution in [0.2, 0.25) is 0 Å². The molecule has 0 amide bonds. The van der Waals surface area contributed by atoms with Crippen molar-refractivity contribution in [1.29, 1.82) is 0 Å². The van der Waals surface area contributed by atoms with Gasteiger partial charge >= 0.3 is 0 Å². The fourth-order valence-electron chi connectivity index (χ4n) is 4.64. The third-order valence-corrected chi connectivity index (χ3v) is 7.97. The summed E-state index contributed by atoms with van der Waals surface area (Å²) in [7, 11) is -3.38. The molecule has 1 saturated heterocycles. The van der Waals surface area contributed by atoms with Gasteiger partial charge in [0.1, 0.15) is 11.9 Å². The number of halogens is 2. The number of piperidine rings is 1. The van der Waals surface area contributed by atoms with Gasteiger partial charge in [0.15, 0.2) is 38.4 Å². The van der Waals surface area contributed by atoms with Crippen LogP contribution < -0.4 is 20.3 Å². The maximum absolute atomic E-state index is 14.0. The molecule has 1 aromatic carbocycles. The molecule has 184 valence electrons. The number of rotatable bonds is 6. The van der Waals surface area contributed by atoms with Crippen molar-refractivity contribution in [2.24, 2.45) is 0 Å². The summed E-state index contributed by atoms with van der Waals surface area (Å²) in [5.74, 6) is 0.0607. The number of nitrogens with zero attached hydrogens (tertiary/aromatic N) is 3. The molecule has 1 saturated carbocycles. The lowest BCUT2D eigenvalue weighted by Crippen LogP contribution is -2.41. The fourth-order valence-corrected chi connectivity index (χ4v) is 5.65. The maximum atomic E-state index is 14.0. The first kappa shape index (κ1) is 23.2. The Morgan fingerprint density at radius 3 is 2.56 bits per heavy atom. The fraction of sp³-hybridized carbons (Fsp3) is 0.565. The van der Waals surface area contributed by atoms with E-state index in [9.17, 15) is 17.2 Å². The Hall–Kier alpha value is -2.53. The minimum Gasteiger partial charge on any atom is -0.487 e. The Bertz CT molecular complexity index is 1170. The highest BCUT2D eigenvalue weighted by Gasteiger charge is 2.34. The third kappa shape index (κ3) is 4.81. The number of hydrogen-bond donors (Lipinski definition) is 2. The van der Waals surface area contributed by atoms with E-state index in [1.165, 1.54) is 18.4 Å². The van der Waals surface area contributed by atoms with Gasteiger partial charge in [-0.25, -0.2) is 27.2 Å². The molecule has 1 aromatic heterocycles. The summed E-state index contributed by atoms with van der Waals surface area (Å²) in [5, 5.41) is 5.68. The molecule has 2 fully saturated rings. The van der Waals surface area contributed by atoms with Gasteiger partial charge in [-0.05, 0) is 31.4 Å². The van der Waals surface area contributed by atoms with Crippen molar-refractivity contribution in [3.05, 3.63) is 41.2 Å². The Balaban J connectivity index is 1.36. The Morgan fingerprint density at radius 2 is 1.91 bits per heavy atom. The van der Waals surface area contributed by atoms with E-state index in [2.05, 4.69) is 15.5 Å². The van der Waals surface area contributed by atoms with Crippen LogP contribution in [0.4, 0.5) is 20.4 Å². The van der Waals surface area contributed by atoms with Crippen molar-refractivity contribution in [1.82, 2.24) is 15.3 Å². The number of aromatic nitrogens is 2. The second-order valence-electron chi connectivity index (χ2n) is 9.29. The molecule has 0 radical (unpaired) electrons. The van der Waals surface area contributed by atoms with Gasteiger partial charge in [-0.1, -0.05) is 0 Å². The lowest BCUT2D eigenvalue weighted by Gasteiger charge is -2.36. The van der Waals surface area contributed by atoms with Crippen LogP contribution in [0.3, 0.4) is 0 Å². The summed E-state index contributed by atoms with van der Waals surface area (Å²) in [4.78, 5) is 11.8. The number of nitrogens with one attached hydrogen (secondary N) is 2. The first-order valence-electron chi connectivity index (χ1n) is 11.7. The molecule has 1 atom stereocenters. The largest absolute Gasteiger partial charge is 0.487 e. The van der Waals surface area contributed by atoms with Crippen molar-refractivity contribution in [3.8, 4) is 5.75 Å². The minimum atomic E-state index is -3.38. The highest BCUT2D eigenvalue weighted by atomic mass is 32.2. The molecule has 2 aliphatic heterocycles. The Morgan fingerprint density at radius 1 is 1.15 bits per heavy atom. The van der Waals surface area contributed by atoms with Crippen LogP contribution >= 0.6 is 0 Å². The topological polar surface area (TPSA) is 96.5 Å². The van der Waals surface area contributed by atoms with Gasteiger partial charge in [0.05, 0.1) is 11.4 Å². The number of hydrogen-bond acceptors (Lipinski definition) is 8. The molecule has 0 spiro atoms. The van der Waals surface area contributed by atoms with Gasteiger partial charge in [0.25, 0.3) is 0 Å². The van der Waals surface area contributed by atoms with Crippen LogP contribution in [0.25, 0.3) is 0 Å². The Labute approximate surface area is 198 Å². The van der Waals surface area contributed by atoms with E-state index in [1.807, 2.05) is 0 Å². The highest BCUT2D eigenvalue weighted by molar-refractivity contribution is 7.90. The Kier molecular flexibility index (Phi) is 6.32. The minimum absolute atomic E-state index is 0.0556. The zero-order valence-electron chi connectivity index (χ0n) is 19.1. The van der Waals surface area contributed by atoms with Gasteiger partial charge < -0.3 is 15.0 Å². The first-order chi connectivity index (χ1) is 16.3. The van der Waals surface area contributed by atoms with Gasteiger partial charge in [0, 0.05) is 57.3 Å². The van der Waals surface area contributed by atoms with E-state index in [1.54, 1.807) is 0 Å². The van der Waals surface area contributed by atoms with Crippen molar-refractivity contribution in [3.63, 3.8) is 0 Å². The number of anilines is 2. The van der Waals surface area contributed by atoms with E-state index >= 15 is 0 Å². The molecule has 3 heterocycles. The quantitative estimate of drug-likeness (QED) is 0.634. The molecule has 5 rings (SSSR count). The zero-order chi connectivity index (χ0) is 23.9. The van der Waals surface area contributed by atoms with Crippen LogP contribution in [0, 0.1) is 11.6 Å². The van der Waals surface area contributed by atoms with E-state index < -0.39 is 26.8 Å². The van der Waals surface area contributed by atoms with E-state index in [-0.39, 0.29) is 11.9 Å². The lowest BCUT2D eigenvalue weighted by atomic mass is 9.93. The van der Waals surface area contributed by atoms with Gasteiger partial charge in [-0.2, -0.15) is 0 Å². The van der Waals surface area contributed by atoms with Crippen LogP contribution in [0.5, 0.6) is 5.75 Å². The van der Waals surface area contributed by atoms with E-state index in [4.69, 9.17) is 14.7 Å². The standard InChI is InChI=1S/C23H29F2N5O3S/c1-34(31,32)23-20-18(7-10-26-23)28-22(21(29-20)27-15-3-2-4-15)30-11-8-16(9-12-30)33-19-6-5-14(24)13-17(19)25/h5-6,13,15-16,23,26H,2-4,7-12H2,1H3,(H,27,29). The van der Waals surface area contributed by atoms with Gasteiger partial charge in [-0.15, -0.1) is 0 Å². The van der Waals surface area contributed by atoms with Gasteiger partial charge in [-0.3, -0.25) is 5.32 Å². The number of benzene rings is 1. The summed E-state index contributed by atoms with van der Waals surface area (Å²) >= 11 is 0.